The molecule has 2 aromatic rings. The molecule has 146 valence electrons. The number of hydrogen-bond donors (Lipinski definition) is 1. The first-order chi connectivity index (χ1) is 13.4. The van der Waals surface area contributed by atoms with Gasteiger partial charge in [0.15, 0.2) is 0 Å². The van der Waals surface area contributed by atoms with Crippen molar-refractivity contribution in [1.29, 1.82) is 0 Å². The highest BCUT2D eigenvalue weighted by Gasteiger charge is 2.21. The Morgan fingerprint density at radius 2 is 1.93 bits per heavy atom. The van der Waals surface area contributed by atoms with Gasteiger partial charge in [0.05, 0.1) is 17.1 Å². The van der Waals surface area contributed by atoms with E-state index in [1.807, 2.05) is 12.1 Å². The number of carbonyl (C=O) groups is 2. The molecular formula is C20H21N3O5. The summed E-state index contributed by atoms with van der Waals surface area (Å²) in [5, 5.41) is 13.9. The van der Waals surface area contributed by atoms with Gasteiger partial charge in [-0.2, -0.15) is 0 Å². The van der Waals surface area contributed by atoms with Crippen molar-refractivity contribution >= 4 is 28.9 Å². The number of nitro benzene ring substituents is 1. The molecule has 8 nitrogen and oxygen atoms in total. The molecule has 0 aromatic heterocycles. The van der Waals surface area contributed by atoms with Crippen LogP contribution in [-0.4, -0.2) is 36.5 Å². The summed E-state index contributed by atoms with van der Waals surface area (Å²) in [6.07, 6.45) is 0.963. The van der Waals surface area contributed by atoms with E-state index in [-0.39, 0.29) is 23.4 Å². The number of non-ortho nitro benzene ring substituents is 1. The lowest BCUT2D eigenvalue weighted by molar-refractivity contribution is -0.384. The van der Waals surface area contributed by atoms with Crippen LogP contribution in [0.15, 0.2) is 36.4 Å². The molecule has 0 spiro atoms. The Balaban J connectivity index is 1.88. The minimum Gasteiger partial charge on any atom is -0.462 e. The quantitative estimate of drug-likeness (QED) is 0.466. The highest BCUT2D eigenvalue weighted by atomic mass is 16.6. The Labute approximate surface area is 162 Å². The monoisotopic (exact) mass is 383 g/mol. The molecule has 0 unspecified atom stereocenters. The predicted molar refractivity (Wildman–Crippen MR) is 105 cm³/mol. The molecule has 2 aromatic carbocycles. The number of nitro groups is 1. The average molecular weight is 383 g/mol. The van der Waals surface area contributed by atoms with Crippen molar-refractivity contribution in [3.8, 4) is 0 Å². The van der Waals surface area contributed by atoms with Crippen molar-refractivity contribution in [3.05, 3.63) is 63.2 Å². The number of anilines is 2. The topological polar surface area (TPSA) is 102 Å². The van der Waals surface area contributed by atoms with E-state index >= 15 is 0 Å². The van der Waals surface area contributed by atoms with Crippen LogP contribution < -0.4 is 10.2 Å². The summed E-state index contributed by atoms with van der Waals surface area (Å²) in [5.41, 5.74) is 2.53. The van der Waals surface area contributed by atoms with Crippen molar-refractivity contribution in [2.45, 2.75) is 20.3 Å². The van der Waals surface area contributed by atoms with Gasteiger partial charge in [0.1, 0.15) is 0 Å². The number of nitrogens with zero attached hydrogens (tertiary/aromatic N) is 2. The number of ether oxygens (including phenoxy) is 1. The predicted octanol–water partition coefficient (Wildman–Crippen LogP) is 3.41. The van der Waals surface area contributed by atoms with Gasteiger partial charge in [0, 0.05) is 42.2 Å². The fraction of sp³-hybridized carbons (Fsp3) is 0.300. The highest BCUT2D eigenvalue weighted by molar-refractivity contribution is 6.06. The van der Waals surface area contributed by atoms with Gasteiger partial charge in [0.25, 0.3) is 11.6 Å². The van der Waals surface area contributed by atoms with Gasteiger partial charge in [-0.1, -0.05) is 6.07 Å². The van der Waals surface area contributed by atoms with E-state index in [1.54, 1.807) is 13.0 Å². The standard InChI is InChI=1S/C20H21N3O5/c1-3-22-8-7-13-5-6-16(12-18(13)22)21-19(24)14-9-15(20(25)28-4-2)11-17(10-14)23(26)27/h5-6,9-12H,3-4,7-8H2,1-2H3,(H,21,24). The number of fused-ring (bicyclic) bond motifs is 1. The highest BCUT2D eigenvalue weighted by Crippen LogP contribution is 2.31. The normalized spacial score (nSPS) is 12.4. The van der Waals surface area contributed by atoms with Crippen molar-refractivity contribution in [1.82, 2.24) is 0 Å². The van der Waals surface area contributed by atoms with E-state index in [4.69, 9.17) is 4.74 Å². The van der Waals surface area contributed by atoms with E-state index in [2.05, 4.69) is 17.1 Å². The third kappa shape index (κ3) is 3.95. The van der Waals surface area contributed by atoms with Crippen molar-refractivity contribution < 1.29 is 19.2 Å². The maximum absolute atomic E-state index is 12.7. The first-order valence-electron chi connectivity index (χ1n) is 9.08. The lowest BCUT2D eigenvalue weighted by atomic mass is 10.1. The van der Waals surface area contributed by atoms with Crippen molar-refractivity contribution in [2.24, 2.45) is 0 Å². The van der Waals surface area contributed by atoms with Gasteiger partial charge < -0.3 is 15.0 Å². The van der Waals surface area contributed by atoms with Crippen LogP contribution in [0, 0.1) is 10.1 Å². The van der Waals surface area contributed by atoms with E-state index in [1.165, 1.54) is 11.6 Å². The van der Waals surface area contributed by atoms with Crippen molar-refractivity contribution in [3.63, 3.8) is 0 Å². The summed E-state index contributed by atoms with van der Waals surface area (Å²) < 4.78 is 4.89. The van der Waals surface area contributed by atoms with E-state index < -0.39 is 16.8 Å². The molecule has 8 heteroatoms. The molecule has 0 atom stereocenters. The Morgan fingerprint density at radius 1 is 1.18 bits per heavy atom. The molecule has 0 bridgehead atoms. The minimum absolute atomic E-state index is 0.0186. The molecule has 3 rings (SSSR count). The zero-order valence-corrected chi connectivity index (χ0v) is 15.7. The number of benzene rings is 2. The summed E-state index contributed by atoms with van der Waals surface area (Å²) in [6, 6.07) is 9.21. The van der Waals surface area contributed by atoms with Crippen LogP contribution in [-0.2, 0) is 11.2 Å². The van der Waals surface area contributed by atoms with Crippen LogP contribution in [0.4, 0.5) is 17.1 Å². The summed E-state index contributed by atoms with van der Waals surface area (Å²) in [5.74, 6) is -1.24. The second-order valence-corrected chi connectivity index (χ2v) is 6.37. The number of rotatable bonds is 6. The number of hydrogen-bond acceptors (Lipinski definition) is 6. The molecule has 0 radical (unpaired) electrons. The fourth-order valence-electron chi connectivity index (χ4n) is 3.23. The van der Waals surface area contributed by atoms with Gasteiger partial charge in [-0.3, -0.25) is 14.9 Å². The Hall–Kier alpha value is -3.42. The summed E-state index contributed by atoms with van der Waals surface area (Å²) >= 11 is 0. The molecule has 0 aliphatic carbocycles. The van der Waals surface area contributed by atoms with Crippen molar-refractivity contribution in [2.75, 3.05) is 29.9 Å². The number of carbonyl (C=O) groups excluding carboxylic acids is 2. The first kappa shape index (κ1) is 19.3. The largest absolute Gasteiger partial charge is 0.462 e. The molecule has 1 N–H and O–H groups in total. The molecule has 1 aliphatic heterocycles. The number of esters is 1. The fourth-order valence-corrected chi connectivity index (χ4v) is 3.23. The molecule has 28 heavy (non-hydrogen) atoms. The minimum atomic E-state index is -0.712. The SMILES string of the molecule is CCOC(=O)c1cc(C(=O)Nc2ccc3c(c2)N(CC)CC3)cc([N+](=O)[O-])c1. The van der Waals surface area contributed by atoms with Crippen LogP contribution in [0.1, 0.15) is 40.1 Å². The van der Waals surface area contributed by atoms with Gasteiger partial charge in [-0.15, -0.1) is 0 Å². The maximum Gasteiger partial charge on any atom is 0.338 e. The average Bonchev–Trinajstić information content (AvgIpc) is 3.10. The number of likely N-dealkylation sites (N-methyl/N-ethyl adjacent to an activating group) is 1. The summed E-state index contributed by atoms with van der Waals surface area (Å²) in [7, 11) is 0. The van der Waals surface area contributed by atoms with E-state index in [0.717, 1.165) is 37.3 Å². The zero-order valence-electron chi connectivity index (χ0n) is 15.7. The first-order valence-corrected chi connectivity index (χ1v) is 9.08. The van der Waals surface area contributed by atoms with Crippen LogP contribution in [0.5, 0.6) is 0 Å². The second kappa shape index (κ2) is 8.08. The molecule has 1 heterocycles. The lowest BCUT2D eigenvalue weighted by Crippen LogP contribution is -2.19. The Bertz CT molecular complexity index is 941. The van der Waals surface area contributed by atoms with Gasteiger partial charge >= 0.3 is 5.97 Å². The van der Waals surface area contributed by atoms with Crippen LogP contribution in [0.25, 0.3) is 0 Å². The Morgan fingerprint density at radius 3 is 2.61 bits per heavy atom. The second-order valence-electron chi connectivity index (χ2n) is 6.37. The molecular weight excluding hydrogens is 362 g/mol. The molecule has 1 aliphatic rings. The Kier molecular flexibility index (Phi) is 5.58. The third-order valence-electron chi connectivity index (χ3n) is 4.62. The smallest absolute Gasteiger partial charge is 0.338 e. The summed E-state index contributed by atoms with van der Waals surface area (Å²) in [4.78, 5) is 37.4. The van der Waals surface area contributed by atoms with E-state index in [0.29, 0.717) is 5.69 Å². The zero-order chi connectivity index (χ0) is 20.3. The lowest BCUT2D eigenvalue weighted by Gasteiger charge is -2.17. The number of nitrogens with one attached hydrogen (secondary N) is 1. The molecule has 1 amide bonds. The van der Waals surface area contributed by atoms with Gasteiger partial charge in [-0.25, -0.2) is 4.79 Å². The van der Waals surface area contributed by atoms with Gasteiger partial charge in [-0.05, 0) is 44.0 Å². The number of amides is 1. The van der Waals surface area contributed by atoms with Crippen LogP contribution in [0.2, 0.25) is 0 Å². The third-order valence-corrected chi connectivity index (χ3v) is 4.62. The van der Waals surface area contributed by atoms with Gasteiger partial charge in [0.2, 0.25) is 0 Å². The molecule has 0 fully saturated rings. The molecule has 0 saturated carbocycles. The van der Waals surface area contributed by atoms with Crippen LogP contribution >= 0.6 is 0 Å². The molecule has 0 saturated heterocycles. The van der Waals surface area contributed by atoms with E-state index in [9.17, 15) is 19.7 Å². The van der Waals surface area contributed by atoms with Crippen LogP contribution in [0.3, 0.4) is 0 Å². The maximum atomic E-state index is 12.7. The summed E-state index contributed by atoms with van der Waals surface area (Å²) in [6.45, 7) is 5.65.